The monoisotopic (exact) mass is 387 g/mol. The van der Waals surface area contributed by atoms with Gasteiger partial charge in [-0.25, -0.2) is 4.98 Å². The SMILES string of the molecule is Cc1ccc(CC(=O)N2CC(c3nc(-c4ccncc4)n[nH]3)C3(CCC3)C2)cc1. The fraction of sp³-hybridized carbons (Fsp3) is 0.391. The van der Waals surface area contributed by atoms with Crippen LogP contribution in [0.2, 0.25) is 0 Å². The summed E-state index contributed by atoms with van der Waals surface area (Å²) >= 11 is 0. The predicted octanol–water partition coefficient (Wildman–Crippen LogP) is 3.51. The first-order valence-electron chi connectivity index (χ1n) is 10.3. The van der Waals surface area contributed by atoms with Gasteiger partial charge in [-0.1, -0.05) is 36.2 Å². The Labute approximate surface area is 170 Å². The molecular weight excluding hydrogens is 362 g/mol. The first-order chi connectivity index (χ1) is 14.1. The largest absolute Gasteiger partial charge is 0.341 e. The van der Waals surface area contributed by atoms with Crippen LogP contribution in [0.15, 0.2) is 48.8 Å². The van der Waals surface area contributed by atoms with Crippen LogP contribution >= 0.6 is 0 Å². The Kier molecular flexibility index (Phi) is 4.42. The second-order valence-corrected chi connectivity index (χ2v) is 8.49. The molecule has 29 heavy (non-hydrogen) atoms. The average molecular weight is 387 g/mol. The fourth-order valence-corrected chi connectivity index (χ4v) is 4.73. The summed E-state index contributed by atoms with van der Waals surface area (Å²) < 4.78 is 0. The van der Waals surface area contributed by atoms with E-state index in [0.717, 1.165) is 42.9 Å². The van der Waals surface area contributed by atoms with Crippen LogP contribution in [0.25, 0.3) is 11.4 Å². The predicted molar refractivity (Wildman–Crippen MR) is 110 cm³/mol. The van der Waals surface area contributed by atoms with Crippen molar-refractivity contribution in [3.8, 4) is 11.4 Å². The van der Waals surface area contributed by atoms with Crippen molar-refractivity contribution in [3.63, 3.8) is 0 Å². The van der Waals surface area contributed by atoms with Crippen LogP contribution in [0.3, 0.4) is 0 Å². The number of benzene rings is 1. The number of amides is 1. The van der Waals surface area contributed by atoms with Gasteiger partial charge in [-0.2, -0.15) is 5.10 Å². The standard InChI is InChI=1S/C23H25N5O/c1-16-3-5-17(6-4-16)13-20(29)28-14-19(23(15-28)9-2-10-23)22-25-21(26-27-22)18-7-11-24-12-8-18/h3-8,11-12,19H,2,9-10,13-15H2,1H3,(H,25,26,27). The van der Waals surface area contributed by atoms with Crippen molar-refractivity contribution < 1.29 is 4.79 Å². The number of carbonyl (C=O) groups is 1. The summed E-state index contributed by atoms with van der Waals surface area (Å²) in [7, 11) is 0. The van der Waals surface area contributed by atoms with Gasteiger partial charge in [0.15, 0.2) is 5.82 Å². The third-order valence-electron chi connectivity index (χ3n) is 6.60. The minimum Gasteiger partial charge on any atom is -0.341 e. The lowest BCUT2D eigenvalue weighted by atomic mass is 9.62. The second kappa shape index (κ2) is 7.10. The van der Waals surface area contributed by atoms with Crippen molar-refractivity contribution >= 4 is 5.91 Å². The zero-order valence-electron chi connectivity index (χ0n) is 16.6. The van der Waals surface area contributed by atoms with Crippen LogP contribution in [0.1, 0.15) is 42.1 Å². The summed E-state index contributed by atoms with van der Waals surface area (Å²) in [6.45, 7) is 3.61. The molecule has 0 radical (unpaired) electrons. The average Bonchev–Trinajstić information content (AvgIpc) is 3.35. The van der Waals surface area contributed by atoms with Crippen LogP contribution < -0.4 is 0 Å². The molecule has 3 heterocycles. The molecule has 1 aliphatic carbocycles. The van der Waals surface area contributed by atoms with E-state index in [1.807, 2.05) is 17.0 Å². The van der Waals surface area contributed by atoms with Crippen molar-refractivity contribution in [2.75, 3.05) is 13.1 Å². The lowest BCUT2D eigenvalue weighted by molar-refractivity contribution is -0.130. The van der Waals surface area contributed by atoms with Gasteiger partial charge in [0.05, 0.1) is 6.42 Å². The number of nitrogens with one attached hydrogen (secondary N) is 1. The molecule has 2 fully saturated rings. The molecule has 6 nitrogen and oxygen atoms in total. The zero-order chi connectivity index (χ0) is 19.8. The maximum atomic E-state index is 13.0. The van der Waals surface area contributed by atoms with E-state index in [9.17, 15) is 4.79 Å². The van der Waals surface area contributed by atoms with Crippen LogP contribution in [0.5, 0.6) is 0 Å². The van der Waals surface area contributed by atoms with Gasteiger partial charge in [0.2, 0.25) is 5.91 Å². The van der Waals surface area contributed by atoms with Gasteiger partial charge in [-0.05, 0) is 42.9 Å². The van der Waals surface area contributed by atoms with Crippen molar-refractivity contribution in [3.05, 3.63) is 65.7 Å². The highest BCUT2D eigenvalue weighted by Crippen LogP contribution is 2.55. The molecule has 1 N–H and O–H groups in total. The number of rotatable bonds is 4. The molecule has 0 bridgehead atoms. The Morgan fingerprint density at radius 1 is 1.17 bits per heavy atom. The summed E-state index contributed by atoms with van der Waals surface area (Å²) in [5.74, 6) is 2.03. The lowest BCUT2D eigenvalue weighted by Gasteiger charge is -2.41. The fourth-order valence-electron chi connectivity index (χ4n) is 4.73. The molecule has 1 unspecified atom stereocenters. The van der Waals surface area contributed by atoms with Crippen LogP contribution in [0.4, 0.5) is 0 Å². The molecule has 1 amide bonds. The molecule has 1 saturated carbocycles. The molecule has 1 spiro atoms. The number of aryl methyl sites for hydroxylation is 1. The minimum atomic E-state index is 0.151. The number of likely N-dealkylation sites (tertiary alicyclic amines) is 1. The van der Waals surface area contributed by atoms with E-state index in [1.54, 1.807) is 12.4 Å². The van der Waals surface area contributed by atoms with Crippen molar-refractivity contribution in [2.24, 2.45) is 5.41 Å². The number of nitrogens with zero attached hydrogens (tertiary/aromatic N) is 4. The van der Waals surface area contributed by atoms with Gasteiger partial charge < -0.3 is 4.90 Å². The number of hydrogen-bond donors (Lipinski definition) is 1. The normalized spacial score (nSPS) is 20.0. The number of carbonyl (C=O) groups excluding carboxylic acids is 1. The third kappa shape index (κ3) is 3.33. The summed E-state index contributed by atoms with van der Waals surface area (Å²) in [4.78, 5) is 23.9. The first kappa shape index (κ1) is 18.0. The summed E-state index contributed by atoms with van der Waals surface area (Å²) in [5.41, 5.74) is 3.39. The first-order valence-corrected chi connectivity index (χ1v) is 10.3. The molecule has 148 valence electrons. The molecule has 3 aromatic rings. The van der Waals surface area contributed by atoms with E-state index in [1.165, 1.54) is 12.0 Å². The topological polar surface area (TPSA) is 74.8 Å². The Hall–Kier alpha value is -3.02. The van der Waals surface area contributed by atoms with Gasteiger partial charge in [0.1, 0.15) is 5.82 Å². The summed E-state index contributed by atoms with van der Waals surface area (Å²) in [6.07, 6.45) is 7.48. The molecule has 1 aromatic carbocycles. The lowest BCUT2D eigenvalue weighted by Crippen LogP contribution is -2.38. The van der Waals surface area contributed by atoms with E-state index < -0.39 is 0 Å². The van der Waals surface area contributed by atoms with E-state index in [2.05, 4.69) is 46.4 Å². The minimum absolute atomic E-state index is 0.151. The highest BCUT2D eigenvalue weighted by Gasteiger charge is 2.53. The molecule has 1 saturated heterocycles. The molecule has 2 aliphatic rings. The van der Waals surface area contributed by atoms with Crippen LogP contribution in [0, 0.1) is 12.3 Å². The Morgan fingerprint density at radius 2 is 1.93 bits per heavy atom. The van der Waals surface area contributed by atoms with E-state index in [-0.39, 0.29) is 17.2 Å². The van der Waals surface area contributed by atoms with Gasteiger partial charge in [0, 0.05) is 37.0 Å². The van der Waals surface area contributed by atoms with Crippen molar-refractivity contribution in [1.82, 2.24) is 25.1 Å². The second-order valence-electron chi connectivity index (χ2n) is 8.49. The number of aromatic amines is 1. The number of pyridine rings is 1. The van der Waals surface area contributed by atoms with E-state index >= 15 is 0 Å². The maximum absolute atomic E-state index is 13.0. The molecule has 5 rings (SSSR count). The maximum Gasteiger partial charge on any atom is 0.227 e. The smallest absolute Gasteiger partial charge is 0.227 e. The van der Waals surface area contributed by atoms with Crippen LogP contribution in [-0.4, -0.2) is 44.1 Å². The Morgan fingerprint density at radius 3 is 2.62 bits per heavy atom. The summed E-state index contributed by atoms with van der Waals surface area (Å²) in [5, 5.41) is 7.60. The van der Waals surface area contributed by atoms with Gasteiger partial charge in [0.25, 0.3) is 0 Å². The molecule has 1 atom stereocenters. The van der Waals surface area contributed by atoms with E-state index in [0.29, 0.717) is 12.2 Å². The van der Waals surface area contributed by atoms with Crippen LogP contribution in [-0.2, 0) is 11.2 Å². The zero-order valence-corrected chi connectivity index (χ0v) is 16.6. The van der Waals surface area contributed by atoms with Crippen molar-refractivity contribution in [2.45, 2.75) is 38.5 Å². The quantitative estimate of drug-likeness (QED) is 0.743. The summed E-state index contributed by atoms with van der Waals surface area (Å²) in [6, 6.07) is 12.1. The highest BCUT2D eigenvalue weighted by atomic mass is 16.2. The third-order valence-corrected chi connectivity index (χ3v) is 6.60. The van der Waals surface area contributed by atoms with Gasteiger partial charge in [-0.15, -0.1) is 0 Å². The number of hydrogen-bond acceptors (Lipinski definition) is 4. The Bertz CT molecular complexity index is 1010. The molecule has 1 aliphatic heterocycles. The molecular formula is C23H25N5O. The molecule has 6 heteroatoms. The van der Waals surface area contributed by atoms with Crippen molar-refractivity contribution in [1.29, 1.82) is 0 Å². The Balaban J connectivity index is 1.35. The number of H-pyrrole nitrogens is 1. The van der Waals surface area contributed by atoms with E-state index in [4.69, 9.17) is 4.98 Å². The highest BCUT2D eigenvalue weighted by molar-refractivity contribution is 5.79. The molecule has 2 aromatic heterocycles. The van der Waals surface area contributed by atoms with Gasteiger partial charge >= 0.3 is 0 Å². The van der Waals surface area contributed by atoms with Gasteiger partial charge in [-0.3, -0.25) is 14.9 Å². The number of aromatic nitrogens is 4.